The number of nitriles is 1. The molecule has 0 aliphatic heterocycles. The van der Waals surface area contributed by atoms with Crippen molar-refractivity contribution in [1.82, 2.24) is 5.32 Å². The second-order valence-corrected chi connectivity index (χ2v) is 5.00. The standard InChI is InChI=1S/C15H18ClN3O/c1-4-11(3)18-9-12(8-17)15(20)19-14-7-13(16)6-5-10(14)2/h5-7,9,11,18H,4H2,1-3H3,(H,19,20)/b12-9-. The summed E-state index contributed by atoms with van der Waals surface area (Å²) >= 11 is 5.89. The lowest BCUT2D eigenvalue weighted by atomic mass is 10.2. The van der Waals surface area contributed by atoms with Crippen LogP contribution in [0.1, 0.15) is 25.8 Å². The molecule has 106 valence electrons. The predicted octanol–water partition coefficient (Wildman–Crippen LogP) is 3.38. The molecule has 0 aliphatic carbocycles. The van der Waals surface area contributed by atoms with Gasteiger partial charge in [0.2, 0.25) is 0 Å². The molecule has 20 heavy (non-hydrogen) atoms. The van der Waals surface area contributed by atoms with Crippen molar-refractivity contribution in [1.29, 1.82) is 5.26 Å². The number of hydrogen-bond donors (Lipinski definition) is 2. The molecule has 1 aromatic carbocycles. The Hall–Kier alpha value is -1.99. The zero-order chi connectivity index (χ0) is 15.1. The van der Waals surface area contributed by atoms with Gasteiger partial charge < -0.3 is 10.6 Å². The molecule has 0 heterocycles. The fourth-order valence-electron chi connectivity index (χ4n) is 1.41. The minimum Gasteiger partial charge on any atom is -0.387 e. The Kier molecular flexibility index (Phi) is 6.08. The Bertz CT molecular complexity index is 561. The Morgan fingerprint density at radius 1 is 1.55 bits per heavy atom. The lowest BCUT2D eigenvalue weighted by Crippen LogP contribution is -2.22. The number of nitrogens with one attached hydrogen (secondary N) is 2. The van der Waals surface area contributed by atoms with Gasteiger partial charge in [-0.15, -0.1) is 0 Å². The Balaban J connectivity index is 2.83. The summed E-state index contributed by atoms with van der Waals surface area (Å²) in [7, 11) is 0. The fraction of sp³-hybridized carbons (Fsp3) is 0.333. The average molecular weight is 292 g/mol. The number of aryl methyl sites for hydroxylation is 1. The van der Waals surface area contributed by atoms with Gasteiger partial charge in [0.25, 0.3) is 5.91 Å². The maximum Gasteiger partial charge on any atom is 0.267 e. The third kappa shape index (κ3) is 4.60. The zero-order valence-electron chi connectivity index (χ0n) is 11.8. The molecule has 1 rings (SSSR count). The highest BCUT2D eigenvalue weighted by atomic mass is 35.5. The molecule has 2 N–H and O–H groups in total. The summed E-state index contributed by atoms with van der Waals surface area (Å²) < 4.78 is 0. The Labute approximate surface area is 124 Å². The highest BCUT2D eigenvalue weighted by molar-refractivity contribution is 6.31. The van der Waals surface area contributed by atoms with Crippen molar-refractivity contribution >= 4 is 23.2 Å². The molecule has 1 atom stereocenters. The van der Waals surface area contributed by atoms with Crippen LogP contribution in [0.2, 0.25) is 5.02 Å². The van der Waals surface area contributed by atoms with Crippen LogP contribution in [-0.2, 0) is 4.79 Å². The summed E-state index contributed by atoms with van der Waals surface area (Å²) in [5.74, 6) is -0.450. The number of carbonyl (C=O) groups is 1. The van der Waals surface area contributed by atoms with Crippen molar-refractivity contribution < 1.29 is 4.79 Å². The minimum absolute atomic E-state index is 0.0321. The van der Waals surface area contributed by atoms with E-state index >= 15 is 0 Å². The summed E-state index contributed by atoms with van der Waals surface area (Å²) in [6.45, 7) is 5.86. The highest BCUT2D eigenvalue weighted by Crippen LogP contribution is 2.20. The molecule has 0 aliphatic rings. The molecule has 1 aromatic rings. The molecule has 5 heteroatoms. The normalized spacial score (nSPS) is 12.4. The molecule has 0 bridgehead atoms. The fourth-order valence-corrected chi connectivity index (χ4v) is 1.58. The quantitative estimate of drug-likeness (QED) is 0.645. The van der Waals surface area contributed by atoms with E-state index in [0.29, 0.717) is 10.7 Å². The van der Waals surface area contributed by atoms with Crippen LogP contribution in [0.15, 0.2) is 30.0 Å². The van der Waals surface area contributed by atoms with Gasteiger partial charge in [0.1, 0.15) is 11.6 Å². The lowest BCUT2D eigenvalue weighted by Gasteiger charge is -2.10. The van der Waals surface area contributed by atoms with E-state index in [0.717, 1.165) is 12.0 Å². The van der Waals surface area contributed by atoms with Crippen molar-refractivity contribution in [2.45, 2.75) is 33.2 Å². The lowest BCUT2D eigenvalue weighted by molar-refractivity contribution is -0.112. The first-order valence-corrected chi connectivity index (χ1v) is 6.79. The molecule has 0 aromatic heterocycles. The molecule has 1 amide bonds. The maximum absolute atomic E-state index is 12.0. The number of benzene rings is 1. The number of nitrogens with zero attached hydrogens (tertiary/aromatic N) is 1. The van der Waals surface area contributed by atoms with Gasteiger partial charge in [-0.3, -0.25) is 4.79 Å². The monoisotopic (exact) mass is 291 g/mol. The third-order valence-corrected chi connectivity index (χ3v) is 3.17. The molecular formula is C15H18ClN3O. The van der Waals surface area contributed by atoms with Crippen molar-refractivity contribution in [2.75, 3.05) is 5.32 Å². The van der Waals surface area contributed by atoms with Crippen LogP contribution in [0.25, 0.3) is 0 Å². The zero-order valence-corrected chi connectivity index (χ0v) is 12.6. The summed E-state index contributed by atoms with van der Waals surface area (Å²) in [5.41, 5.74) is 1.52. The molecule has 1 unspecified atom stereocenters. The minimum atomic E-state index is -0.450. The topological polar surface area (TPSA) is 64.9 Å². The van der Waals surface area contributed by atoms with E-state index in [1.165, 1.54) is 6.20 Å². The molecule has 0 spiro atoms. The van der Waals surface area contributed by atoms with Gasteiger partial charge in [-0.25, -0.2) is 0 Å². The third-order valence-electron chi connectivity index (χ3n) is 2.94. The first kappa shape index (κ1) is 16.1. The number of halogens is 1. The van der Waals surface area contributed by atoms with Gasteiger partial charge in [-0.05, 0) is 38.0 Å². The van der Waals surface area contributed by atoms with Crippen LogP contribution >= 0.6 is 11.6 Å². The van der Waals surface area contributed by atoms with Gasteiger partial charge in [0.15, 0.2) is 0 Å². The molecule has 4 nitrogen and oxygen atoms in total. The Morgan fingerprint density at radius 2 is 2.25 bits per heavy atom. The van der Waals surface area contributed by atoms with Crippen molar-refractivity contribution in [2.24, 2.45) is 0 Å². The second-order valence-electron chi connectivity index (χ2n) is 4.56. The summed E-state index contributed by atoms with van der Waals surface area (Å²) in [4.78, 5) is 12.0. The summed E-state index contributed by atoms with van der Waals surface area (Å²) in [5, 5.41) is 15.3. The first-order chi connectivity index (χ1) is 9.47. The smallest absolute Gasteiger partial charge is 0.267 e. The predicted molar refractivity (Wildman–Crippen MR) is 81.4 cm³/mol. The Morgan fingerprint density at radius 3 is 2.85 bits per heavy atom. The first-order valence-electron chi connectivity index (χ1n) is 6.41. The molecule has 0 saturated carbocycles. The maximum atomic E-state index is 12.0. The van der Waals surface area contributed by atoms with Crippen LogP contribution in [0, 0.1) is 18.3 Å². The van der Waals surface area contributed by atoms with Crippen LogP contribution in [0.4, 0.5) is 5.69 Å². The largest absolute Gasteiger partial charge is 0.387 e. The van der Waals surface area contributed by atoms with Gasteiger partial charge in [0.05, 0.1) is 0 Å². The second kappa shape index (κ2) is 7.56. The van der Waals surface area contributed by atoms with Crippen molar-refractivity contribution in [3.63, 3.8) is 0 Å². The van der Waals surface area contributed by atoms with Gasteiger partial charge >= 0.3 is 0 Å². The molecular weight excluding hydrogens is 274 g/mol. The molecule has 0 radical (unpaired) electrons. The van der Waals surface area contributed by atoms with E-state index in [4.69, 9.17) is 16.9 Å². The van der Waals surface area contributed by atoms with E-state index in [1.54, 1.807) is 12.1 Å². The summed E-state index contributed by atoms with van der Waals surface area (Å²) in [6, 6.07) is 7.31. The average Bonchev–Trinajstić information content (AvgIpc) is 2.43. The van der Waals surface area contributed by atoms with Gasteiger partial charge in [-0.1, -0.05) is 24.6 Å². The number of amides is 1. The summed E-state index contributed by atoms with van der Waals surface area (Å²) in [6.07, 6.45) is 2.35. The van der Waals surface area contributed by atoms with Gasteiger partial charge in [0, 0.05) is 23.0 Å². The van der Waals surface area contributed by atoms with E-state index in [9.17, 15) is 4.79 Å². The van der Waals surface area contributed by atoms with E-state index in [2.05, 4.69) is 10.6 Å². The van der Waals surface area contributed by atoms with E-state index in [1.807, 2.05) is 32.9 Å². The van der Waals surface area contributed by atoms with E-state index in [-0.39, 0.29) is 11.6 Å². The van der Waals surface area contributed by atoms with Crippen molar-refractivity contribution in [3.8, 4) is 6.07 Å². The van der Waals surface area contributed by atoms with Crippen LogP contribution in [-0.4, -0.2) is 11.9 Å². The number of hydrogen-bond acceptors (Lipinski definition) is 3. The SMILES string of the molecule is CCC(C)N/C=C(/C#N)C(=O)Nc1cc(Cl)ccc1C. The number of rotatable bonds is 5. The molecule has 0 saturated heterocycles. The van der Waals surface area contributed by atoms with E-state index < -0.39 is 5.91 Å². The van der Waals surface area contributed by atoms with Crippen LogP contribution < -0.4 is 10.6 Å². The number of carbonyl (C=O) groups excluding carboxylic acids is 1. The molecule has 0 fully saturated rings. The van der Waals surface area contributed by atoms with Crippen LogP contribution in [0.5, 0.6) is 0 Å². The van der Waals surface area contributed by atoms with Crippen molar-refractivity contribution in [3.05, 3.63) is 40.6 Å². The highest BCUT2D eigenvalue weighted by Gasteiger charge is 2.11. The van der Waals surface area contributed by atoms with Gasteiger partial charge in [-0.2, -0.15) is 5.26 Å². The number of anilines is 1. The van der Waals surface area contributed by atoms with Crippen LogP contribution in [0.3, 0.4) is 0 Å².